The average Bonchev–Trinajstić information content (AvgIpc) is 2.61. The van der Waals surface area contributed by atoms with Gasteiger partial charge in [0.25, 0.3) is 0 Å². The molecule has 0 bridgehead atoms. The maximum atomic E-state index is 9.10. The van der Waals surface area contributed by atoms with E-state index in [0.717, 1.165) is 49.6 Å². The van der Waals surface area contributed by atoms with E-state index in [1.165, 1.54) is 19.4 Å². The number of carboxylic acid groups (broad SMARTS) is 2. The van der Waals surface area contributed by atoms with Gasteiger partial charge >= 0.3 is 11.9 Å². The molecule has 2 rings (SSSR count). The third-order valence-corrected chi connectivity index (χ3v) is 4.02. The Bertz CT molecular complexity index is 504. The van der Waals surface area contributed by atoms with Crippen LogP contribution < -0.4 is 4.74 Å². The molecule has 1 aliphatic heterocycles. The highest BCUT2D eigenvalue weighted by molar-refractivity contribution is 9.10. The molecule has 1 saturated heterocycles. The summed E-state index contributed by atoms with van der Waals surface area (Å²) in [5, 5.41) is 14.8. The molecule has 140 valence electrons. The van der Waals surface area contributed by atoms with Crippen LogP contribution in [-0.4, -0.2) is 66.5 Å². The van der Waals surface area contributed by atoms with Gasteiger partial charge < -0.3 is 19.7 Å². The molecule has 1 aromatic rings. The van der Waals surface area contributed by atoms with Crippen molar-refractivity contribution in [2.24, 2.45) is 0 Å². The average molecular weight is 418 g/mol. The Morgan fingerprint density at radius 2 is 1.64 bits per heavy atom. The van der Waals surface area contributed by atoms with Crippen LogP contribution in [0.3, 0.4) is 0 Å². The Morgan fingerprint density at radius 3 is 2.20 bits per heavy atom. The number of ether oxygens (including phenoxy) is 2. The fourth-order valence-electron chi connectivity index (χ4n) is 2.16. The zero-order valence-corrected chi connectivity index (χ0v) is 15.6. The van der Waals surface area contributed by atoms with Crippen molar-refractivity contribution < 1.29 is 29.3 Å². The zero-order chi connectivity index (χ0) is 18.5. The molecule has 0 spiro atoms. The van der Waals surface area contributed by atoms with E-state index in [0.29, 0.717) is 0 Å². The standard InChI is InChI=1S/C15H22BrNO2.C2H2O4/c16-14-4-6-15(7-5-14)19-11-3-1-2-8-17-9-12-18-13-10-17;3-1(4)2(5)6/h4-7H,1-3,8-13H2;(H,3,4)(H,5,6). The van der Waals surface area contributed by atoms with Gasteiger partial charge in [-0.25, -0.2) is 9.59 Å². The number of unbranched alkanes of at least 4 members (excludes halogenated alkanes) is 2. The van der Waals surface area contributed by atoms with E-state index >= 15 is 0 Å². The van der Waals surface area contributed by atoms with E-state index in [2.05, 4.69) is 20.8 Å². The summed E-state index contributed by atoms with van der Waals surface area (Å²) >= 11 is 3.42. The van der Waals surface area contributed by atoms with Gasteiger partial charge in [0.2, 0.25) is 0 Å². The first-order chi connectivity index (χ1) is 12.0. The van der Waals surface area contributed by atoms with Crippen molar-refractivity contribution in [2.75, 3.05) is 39.5 Å². The molecule has 0 amide bonds. The van der Waals surface area contributed by atoms with Gasteiger partial charge in [-0.2, -0.15) is 0 Å². The molecule has 1 aromatic carbocycles. The van der Waals surface area contributed by atoms with E-state index in [1.54, 1.807) is 0 Å². The highest BCUT2D eigenvalue weighted by Gasteiger charge is 2.08. The Kier molecular flexibility index (Phi) is 10.9. The molecule has 1 heterocycles. The quantitative estimate of drug-likeness (QED) is 0.519. The minimum atomic E-state index is -1.82. The Labute approximate surface area is 155 Å². The van der Waals surface area contributed by atoms with Crippen LogP contribution in [0.4, 0.5) is 0 Å². The number of halogens is 1. The molecule has 8 heteroatoms. The van der Waals surface area contributed by atoms with Crippen LogP contribution in [0.1, 0.15) is 19.3 Å². The first kappa shape index (κ1) is 21.4. The lowest BCUT2D eigenvalue weighted by Crippen LogP contribution is -2.36. The van der Waals surface area contributed by atoms with Crippen LogP contribution in [0.15, 0.2) is 28.7 Å². The zero-order valence-electron chi connectivity index (χ0n) is 14.0. The van der Waals surface area contributed by atoms with Gasteiger partial charge in [0, 0.05) is 17.6 Å². The van der Waals surface area contributed by atoms with E-state index in [9.17, 15) is 0 Å². The van der Waals surface area contributed by atoms with Crippen molar-refractivity contribution in [3.63, 3.8) is 0 Å². The number of aliphatic carboxylic acids is 2. The summed E-state index contributed by atoms with van der Waals surface area (Å²) < 4.78 is 12.1. The summed E-state index contributed by atoms with van der Waals surface area (Å²) in [5.41, 5.74) is 0. The van der Waals surface area contributed by atoms with Crippen molar-refractivity contribution in [3.8, 4) is 5.75 Å². The summed E-state index contributed by atoms with van der Waals surface area (Å²) in [6.45, 7) is 5.98. The van der Waals surface area contributed by atoms with Crippen molar-refractivity contribution in [2.45, 2.75) is 19.3 Å². The van der Waals surface area contributed by atoms with E-state index in [1.807, 2.05) is 24.3 Å². The molecule has 1 aliphatic rings. The predicted molar refractivity (Wildman–Crippen MR) is 96.0 cm³/mol. The minimum Gasteiger partial charge on any atom is -0.494 e. The van der Waals surface area contributed by atoms with Crippen LogP contribution in [0.2, 0.25) is 0 Å². The molecule has 2 N–H and O–H groups in total. The van der Waals surface area contributed by atoms with Crippen LogP contribution >= 0.6 is 15.9 Å². The van der Waals surface area contributed by atoms with E-state index < -0.39 is 11.9 Å². The second-order valence-electron chi connectivity index (χ2n) is 5.43. The van der Waals surface area contributed by atoms with E-state index in [-0.39, 0.29) is 0 Å². The fourth-order valence-corrected chi connectivity index (χ4v) is 2.42. The maximum absolute atomic E-state index is 9.10. The van der Waals surface area contributed by atoms with Crippen LogP contribution in [-0.2, 0) is 14.3 Å². The first-order valence-corrected chi connectivity index (χ1v) is 8.93. The fraction of sp³-hybridized carbons (Fsp3) is 0.529. The normalized spacial score (nSPS) is 14.3. The molecule has 25 heavy (non-hydrogen) atoms. The Morgan fingerprint density at radius 1 is 1.04 bits per heavy atom. The highest BCUT2D eigenvalue weighted by Crippen LogP contribution is 2.16. The van der Waals surface area contributed by atoms with Crippen molar-refractivity contribution in [3.05, 3.63) is 28.7 Å². The second-order valence-corrected chi connectivity index (χ2v) is 6.34. The van der Waals surface area contributed by atoms with Crippen molar-refractivity contribution in [1.29, 1.82) is 0 Å². The number of hydrogen-bond donors (Lipinski definition) is 2. The van der Waals surface area contributed by atoms with Gasteiger partial charge in [-0.1, -0.05) is 15.9 Å². The summed E-state index contributed by atoms with van der Waals surface area (Å²) in [7, 11) is 0. The maximum Gasteiger partial charge on any atom is 0.414 e. The number of rotatable bonds is 7. The lowest BCUT2D eigenvalue weighted by atomic mass is 10.2. The minimum absolute atomic E-state index is 0.810. The van der Waals surface area contributed by atoms with Gasteiger partial charge in [0.1, 0.15) is 5.75 Å². The largest absolute Gasteiger partial charge is 0.494 e. The lowest BCUT2D eigenvalue weighted by molar-refractivity contribution is -0.159. The third-order valence-electron chi connectivity index (χ3n) is 3.49. The summed E-state index contributed by atoms with van der Waals surface area (Å²) in [4.78, 5) is 20.7. The monoisotopic (exact) mass is 417 g/mol. The summed E-state index contributed by atoms with van der Waals surface area (Å²) in [5.74, 6) is -2.69. The first-order valence-electron chi connectivity index (χ1n) is 8.13. The van der Waals surface area contributed by atoms with Crippen molar-refractivity contribution in [1.82, 2.24) is 4.90 Å². The molecule has 0 atom stereocenters. The van der Waals surface area contributed by atoms with Gasteiger partial charge in [0.05, 0.1) is 19.8 Å². The lowest BCUT2D eigenvalue weighted by Gasteiger charge is -2.26. The molecular weight excluding hydrogens is 394 g/mol. The Balaban J connectivity index is 0.000000450. The molecule has 7 nitrogen and oxygen atoms in total. The van der Waals surface area contributed by atoms with Gasteiger partial charge in [-0.3, -0.25) is 4.90 Å². The van der Waals surface area contributed by atoms with Gasteiger partial charge in [-0.05, 0) is 50.1 Å². The number of morpholine rings is 1. The number of hydrogen-bond acceptors (Lipinski definition) is 5. The third kappa shape index (κ3) is 10.8. The molecule has 0 aromatic heterocycles. The number of carbonyl (C=O) groups is 2. The molecule has 0 radical (unpaired) electrons. The predicted octanol–water partition coefficient (Wildman–Crippen LogP) is 2.49. The molecule has 0 aliphatic carbocycles. The summed E-state index contributed by atoms with van der Waals surface area (Å²) in [6, 6.07) is 8.01. The Hall–Kier alpha value is -1.64. The molecular formula is C17H24BrNO6. The van der Waals surface area contributed by atoms with Gasteiger partial charge in [-0.15, -0.1) is 0 Å². The molecule has 1 fully saturated rings. The smallest absolute Gasteiger partial charge is 0.414 e. The molecule has 0 saturated carbocycles. The van der Waals surface area contributed by atoms with Crippen LogP contribution in [0.25, 0.3) is 0 Å². The highest BCUT2D eigenvalue weighted by atomic mass is 79.9. The SMILES string of the molecule is Brc1ccc(OCCCCCN2CCOCC2)cc1.O=C(O)C(=O)O. The molecule has 0 unspecified atom stereocenters. The van der Waals surface area contributed by atoms with E-state index in [4.69, 9.17) is 29.3 Å². The number of nitrogens with zero attached hydrogens (tertiary/aromatic N) is 1. The topological polar surface area (TPSA) is 96.3 Å². The van der Waals surface area contributed by atoms with Crippen molar-refractivity contribution >= 4 is 27.9 Å². The van der Waals surface area contributed by atoms with Crippen LogP contribution in [0.5, 0.6) is 5.75 Å². The van der Waals surface area contributed by atoms with Crippen LogP contribution in [0, 0.1) is 0 Å². The van der Waals surface area contributed by atoms with Gasteiger partial charge in [0.15, 0.2) is 0 Å². The second kappa shape index (κ2) is 12.7. The number of carboxylic acids is 2. The number of benzene rings is 1. The summed E-state index contributed by atoms with van der Waals surface area (Å²) in [6.07, 6.45) is 3.61.